The van der Waals surface area contributed by atoms with Crippen molar-refractivity contribution >= 4 is 18.0 Å². The third-order valence-electron chi connectivity index (χ3n) is 2.26. The van der Waals surface area contributed by atoms with E-state index < -0.39 is 30.4 Å². The van der Waals surface area contributed by atoms with Crippen LogP contribution in [-0.4, -0.2) is 55.5 Å². The van der Waals surface area contributed by atoms with E-state index in [1.54, 1.807) is 7.05 Å². The molecule has 1 unspecified atom stereocenters. The normalized spacial score (nSPS) is 11.7. The molecule has 10 heteroatoms. The molecule has 1 aromatic heterocycles. The fourth-order valence-electron chi connectivity index (χ4n) is 1.37. The van der Waals surface area contributed by atoms with Gasteiger partial charge in [0.15, 0.2) is 5.82 Å². The monoisotopic (exact) mass is 285 g/mol. The van der Waals surface area contributed by atoms with E-state index in [0.29, 0.717) is 12.2 Å². The number of rotatable bonds is 7. The van der Waals surface area contributed by atoms with E-state index in [9.17, 15) is 14.4 Å². The molecule has 0 aliphatic carbocycles. The minimum Gasteiger partial charge on any atom is -0.481 e. The van der Waals surface area contributed by atoms with Crippen molar-refractivity contribution in [3.63, 3.8) is 0 Å². The van der Waals surface area contributed by atoms with Crippen LogP contribution in [0.25, 0.3) is 0 Å². The van der Waals surface area contributed by atoms with Crippen LogP contribution >= 0.6 is 0 Å². The lowest BCUT2D eigenvalue weighted by molar-refractivity contribution is -0.145. The Morgan fingerprint density at radius 2 is 2.10 bits per heavy atom. The summed E-state index contributed by atoms with van der Waals surface area (Å²) in [6.07, 6.45) is 1.21. The van der Waals surface area contributed by atoms with Gasteiger partial charge in [-0.3, -0.25) is 9.48 Å². The van der Waals surface area contributed by atoms with Gasteiger partial charge in [0.05, 0.1) is 6.42 Å². The molecule has 0 aromatic carbocycles. The number of aliphatic carboxylic acids is 2. The molecule has 110 valence electrons. The van der Waals surface area contributed by atoms with Gasteiger partial charge in [-0.1, -0.05) is 0 Å². The molecule has 1 atom stereocenters. The molecule has 0 saturated heterocycles. The van der Waals surface area contributed by atoms with Crippen LogP contribution in [0, 0.1) is 0 Å². The van der Waals surface area contributed by atoms with Gasteiger partial charge in [-0.15, -0.1) is 0 Å². The lowest BCUT2D eigenvalue weighted by Crippen LogP contribution is -2.47. The van der Waals surface area contributed by atoms with Crippen molar-refractivity contribution in [2.45, 2.75) is 18.9 Å². The molecule has 4 N–H and O–H groups in total. The van der Waals surface area contributed by atoms with Crippen molar-refractivity contribution in [3.05, 3.63) is 12.2 Å². The van der Waals surface area contributed by atoms with E-state index in [0.717, 1.165) is 0 Å². The van der Waals surface area contributed by atoms with E-state index in [4.69, 9.17) is 10.2 Å². The number of aryl methyl sites for hydroxylation is 1. The molecule has 0 bridgehead atoms. The molecular formula is C10H15N5O5. The van der Waals surface area contributed by atoms with Crippen molar-refractivity contribution in [1.82, 2.24) is 25.4 Å². The third kappa shape index (κ3) is 5.33. The fraction of sp³-hybridized carbons (Fsp3) is 0.500. The SMILES string of the molecule is Cn1cnc(CCNC(=O)NC(CC(=O)O)C(=O)O)n1. The van der Waals surface area contributed by atoms with Crippen molar-refractivity contribution in [2.24, 2.45) is 7.05 Å². The highest BCUT2D eigenvalue weighted by molar-refractivity contribution is 5.86. The summed E-state index contributed by atoms with van der Waals surface area (Å²) in [7, 11) is 1.71. The minimum atomic E-state index is -1.47. The molecule has 1 aromatic rings. The molecular weight excluding hydrogens is 270 g/mol. The van der Waals surface area contributed by atoms with Crippen LogP contribution in [-0.2, 0) is 23.1 Å². The Balaban J connectivity index is 2.34. The first kappa shape index (κ1) is 15.4. The lowest BCUT2D eigenvalue weighted by Gasteiger charge is -2.12. The minimum absolute atomic E-state index is 0.204. The average Bonchev–Trinajstić information content (AvgIpc) is 2.73. The second kappa shape index (κ2) is 7.07. The van der Waals surface area contributed by atoms with E-state index in [1.807, 2.05) is 0 Å². The third-order valence-corrected chi connectivity index (χ3v) is 2.26. The van der Waals surface area contributed by atoms with Gasteiger partial charge < -0.3 is 20.8 Å². The van der Waals surface area contributed by atoms with Crippen molar-refractivity contribution in [2.75, 3.05) is 6.54 Å². The van der Waals surface area contributed by atoms with Crippen LogP contribution in [0.2, 0.25) is 0 Å². The molecule has 1 heterocycles. The quantitative estimate of drug-likeness (QED) is 0.481. The number of urea groups is 1. The molecule has 0 aliphatic heterocycles. The molecule has 10 nitrogen and oxygen atoms in total. The Bertz CT molecular complexity index is 500. The number of hydrogen-bond acceptors (Lipinski definition) is 5. The summed E-state index contributed by atoms with van der Waals surface area (Å²) in [4.78, 5) is 36.5. The first-order chi connectivity index (χ1) is 9.38. The smallest absolute Gasteiger partial charge is 0.326 e. The summed E-state index contributed by atoms with van der Waals surface area (Å²) in [6.45, 7) is 0.204. The molecule has 2 amide bonds. The zero-order chi connectivity index (χ0) is 15.1. The molecule has 0 aliphatic rings. The predicted octanol–water partition coefficient (Wildman–Crippen LogP) is -1.42. The number of hydrogen-bond donors (Lipinski definition) is 4. The Morgan fingerprint density at radius 3 is 2.60 bits per heavy atom. The van der Waals surface area contributed by atoms with Crippen molar-refractivity contribution in [3.8, 4) is 0 Å². The van der Waals surface area contributed by atoms with Gasteiger partial charge >= 0.3 is 18.0 Å². The lowest BCUT2D eigenvalue weighted by atomic mass is 10.2. The van der Waals surface area contributed by atoms with Crippen LogP contribution in [0.15, 0.2) is 6.33 Å². The number of carbonyl (C=O) groups is 3. The van der Waals surface area contributed by atoms with Gasteiger partial charge in [-0.05, 0) is 0 Å². The average molecular weight is 285 g/mol. The van der Waals surface area contributed by atoms with Crippen LogP contribution in [0.5, 0.6) is 0 Å². The number of carboxylic acids is 2. The van der Waals surface area contributed by atoms with E-state index in [1.165, 1.54) is 11.0 Å². The van der Waals surface area contributed by atoms with E-state index >= 15 is 0 Å². The number of aromatic nitrogens is 3. The van der Waals surface area contributed by atoms with Gasteiger partial charge in [0.25, 0.3) is 0 Å². The maximum Gasteiger partial charge on any atom is 0.326 e. The molecule has 0 saturated carbocycles. The summed E-state index contributed by atoms with van der Waals surface area (Å²) < 4.78 is 1.52. The van der Waals surface area contributed by atoms with Gasteiger partial charge in [0, 0.05) is 20.0 Å². The molecule has 1 rings (SSSR count). The highest BCUT2D eigenvalue weighted by Crippen LogP contribution is 1.93. The Hall–Kier alpha value is -2.65. The highest BCUT2D eigenvalue weighted by Gasteiger charge is 2.22. The van der Waals surface area contributed by atoms with E-state index in [2.05, 4.69) is 20.7 Å². The van der Waals surface area contributed by atoms with Crippen molar-refractivity contribution in [1.29, 1.82) is 0 Å². The summed E-state index contributed by atoms with van der Waals surface area (Å²) in [5, 5.41) is 25.7. The second-order valence-electron chi connectivity index (χ2n) is 3.97. The van der Waals surface area contributed by atoms with Crippen LogP contribution < -0.4 is 10.6 Å². The molecule has 0 fully saturated rings. The molecule has 0 spiro atoms. The fourth-order valence-corrected chi connectivity index (χ4v) is 1.37. The van der Waals surface area contributed by atoms with E-state index in [-0.39, 0.29) is 6.54 Å². The number of nitrogens with zero attached hydrogens (tertiary/aromatic N) is 3. The topological polar surface area (TPSA) is 146 Å². The van der Waals surface area contributed by atoms with Crippen LogP contribution in [0.3, 0.4) is 0 Å². The largest absolute Gasteiger partial charge is 0.481 e. The highest BCUT2D eigenvalue weighted by atomic mass is 16.4. The van der Waals surface area contributed by atoms with Crippen molar-refractivity contribution < 1.29 is 24.6 Å². The van der Waals surface area contributed by atoms with Gasteiger partial charge in [0.1, 0.15) is 12.4 Å². The predicted molar refractivity (Wildman–Crippen MR) is 64.9 cm³/mol. The van der Waals surface area contributed by atoms with Gasteiger partial charge in [-0.2, -0.15) is 5.10 Å². The van der Waals surface area contributed by atoms with Crippen LogP contribution in [0.4, 0.5) is 4.79 Å². The first-order valence-corrected chi connectivity index (χ1v) is 5.72. The van der Waals surface area contributed by atoms with Gasteiger partial charge in [0.2, 0.25) is 0 Å². The summed E-state index contributed by atoms with van der Waals surface area (Å²) in [5.74, 6) is -2.18. The maximum absolute atomic E-state index is 11.4. The Kier molecular flexibility index (Phi) is 5.44. The number of amides is 2. The number of nitrogens with one attached hydrogen (secondary N) is 2. The molecule has 0 radical (unpaired) electrons. The number of carboxylic acid groups (broad SMARTS) is 2. The summed E-state index contributed by atoms with van der Waals surface area (Å²) in [5.41, 5.74) is 0. The molecule has 20 heavy (non-hydrogen) atoms. The van der Waals surface area contributed by atoms with Gasteiger partial charge in [-0.25, -0.2) is 14.6 Å². The standard InChI is InChI=1S/C10H15N5O5/c1-15-5-12-7(14-15)2-3-11-10(20)13-6(9(18)19)4-8(16)17/h5-6H,2-4H2,1H3,(H,16,17)(H,18,19)(H2,11,13,20). The maximum atomic E-state index is 11.4. The summed E-state index contributed by atoms with van der Waals surface area (Å²) >= 11 is 0. The summed E-state index contributed by atoms with van der Waals surface area (Å²) in [6, 6.07) is -2.23. The Morgan fingerprint density at radius 1 is 1.40 bits per heavy atom. The Labute approximate surface area is 113 Å². The first-order valence-electron chi connectivity index (χ1n) is 5.72. The van der Waals surface area contributed by atoms with Crippen LogP contribution in [0.1, 0.15) is 12.2 Å². The second-order valence-corrected chi connectivity index (χ2v) is 3.97. The zero-order valence-corrected chi connectivity index (χ0v) is 10.7. The number of carbonyl (C=O) groups excluding carboxylic acids is 1. The zero-order valence-electron chi connectivity index (χ0n) is 10.7.